The highest BCUT2D eigenvalue weighted by atomic mass is 15.3. The van der Waals surface area contributed by atoms with E-state index >= 15 is 0 Å². The Kier molecular flexibility index (Phi) is 2.73. The molecule has 0 aromatic rings. The maximum absolute atomic E-state index is 3.67. The molecule has 1 N–H and O–H groups in total. The Morgan fingerprint density at radius 1 is 1.07 bits per heavy atom. The van der Waals surface area contributed by atoms with Crippen LogP contribution in [-0.4, -0.2) is 36.1 Å². The zero-order valence-electron chi connectivity index (χ0n) is 9.91. The van der Waals surface area contributed by atoms with Gasteiger partial charge in [0.2, 0.25) is 0 Å². The summed E-state index contributed by atoms with van der Waals surface area (Å²) in [6.45, 7) is 4.89. The molecule has 1 heterocycles. The van der Waals surface area contributed by atoms with E-state index in [-0.39, 0.29) is 0 Å². The van der Waals surface area contributed by atoms with Crippen molar-refractivity contribution in [3.8, 4) is 0 Å². The van der Waals surface area contributed by atoms with Crippen molar-refractivity contribution in [3.05, 3.63) is 0 Å². The minimum Gasteiger partial charge on any atom is -0.311 e. The molecule has 0 aromatic heterocycles. The lowest BCUT2D eigenvalue weighted by Gasteiger charge is -2.43. The van der Waals surface area contributed by atoms with Gasteiger partial charge in [-0.25, -0.2) is 0 Å². The second kappa shape index (κ2) is 4.06. The standard InChI is InChI=1S/C13H24N2/c1-10-9-15(12-4-2-3-5-12)13(8-14-10)11-6-7-11/h10-14H,2-9H2,1H3. The summed E-state index contributed by atoms with van der Waals surface area (Å²) in [5.41, 5.74) is 0. The third kappa shape index (κ3) is 2.07. The van der Waals surface area contributed by atoms with E-state index in [4.69, 9.17) is 0 Å². The fraction of sp³-hybridized carbons (Fsp3) is 1.00. The first-order valence-corrected chi connectivity index (χ1v) is 6.84. The van der Waals surface area contributed by atoms with Crippen molar-refractivity contribution in [2.75, 3.05) is 13.1 Å². The maximum Gasteiger partial charge on any atom is 0.0252 e. The van der Waals surface area contributed by atoms with Gasteiger partial charge < -0.3 is 5.32 Å². The van der Waals surface area contributed by atoms with E-state index in [9.17, 15) is 0 Å². The molecule has 2 heteroatoms. The second-order valence-corrected chi connectivity index (χ2v) is 5.85. The van der Waals surface area contributed by atoms with E-state index in [0.29, 0.717) is 6.04 Å². The number of hydrogen-bond donors (Lipinski definition) is 1. The van der Waals surface area contributed by atoms with Crippen molar-refractivity contribution >= 4 is 0 Å². The molecule has 3 aliphatic rings. The Balaban J connectivity index is 1.68. The van der Waals surface area contributed by atoms with Gasteiger partial charge in [-0.1, -0.05) is 12.8 Å². The zero-order valence-corrected chi connectivity index (χ0v) is 9.91. The average molecular weight is 208 g/mol. The summed E-state index contributed by atoms with van der Waals surface area (Å²) in [6, 6.07) is 2.52. The highest BCUT2D eigenvalue weighted by Crippen LogP contribution is 2.39. The summed E-state index contributed by atoms with van der Waals surface area (Å²) in [4.78, 5) is 2.87. The normalized spacial score (nSPS) is 39.8. The molecular weight excluding hydrogens is 184 g/mol. The first-order valence-electron chi connectivity index (χ1n) is 6.84. The Morgan fingerprint density at radius 2 is 1.80 bits per heavy atom. The van der Waals surface area contributed by atoms with Crippen LogP contribution in [0.15, 0.2) is 0 Å². The molecule has 2 atom stereocenters. The number of rotatable bonds is 2. The van der Waals surface area contributed by atoms with Gasteiger partial charge in [-0.05, 0) is 38.5 Å². The minimum absolute atomic E-state index is 0.709. The summed E-state index contributed by atoms with van der Waals surface area (Å²) < 4.78 is 0. The van der Waals surface area contributed by atoms with Gasteiger partial charge in [0.25, 0.3) is 0 Å². The van der Waals surface area contributed by atoms with Crippen LogP contribution in [0.2, 0.25) is 0 Å². The van der Waals surface area contributed by atoms with Crippen molar-refractivity contribution in [1.29, 1.82) is 0 Å². The summed E-state index contributed by atoms with van der Waals surface area (Å²) in [5.74, 6) is 1.03. The van der Waals surface area contributed by atoms with E-state index in [1.807, 2.05) is 0 Å². The van der Waals surface area contributed by atoms with Crippen LogP contribution in [0.1, 0.15) is 45.4 Å². The Hall–Kier alpha value is -0.0800. The zero-order chi connectivity index (χ0) is 10.3. The summed E-state index contributed by atoms with van der Waals surface area (Å²) in [5, 5.41) is 3.67. The number of hydrogen-bond acceptors (Lipinski definition) is 2. The number of nitrogens with zero attached hydrogens (tertiary/aromatic N) is 1. The molecule has 0 bridgehead atoms. The summed E-state index contributed by atoms with van der Waals surface area (Å²) in [7, 11) is 0. The molecule has 3 rings (SSSR count). The predicted octanol–water partition coefficient (Wildman–Crippen LogP) is 2.00. The quantitative estimate of drug-likeness (QED) is 0.746. The van der Waals surface area contributed by atoms with E-state index in [0.717, 1.165) is 18.0 Å². The summed E-state index contributed by atoms with van der Waals surface area (Å²) >= 11 is 0. The highest BCUT2D eigenvalue weighted by Gasteiger charge is 2.40. The van der Waals surface area contributed by atoms with Crippen LogP contribution in [0.4, 0.5) is 0 Å². The fourth-order valence-corrected chi connectivity index (χ4v) is 3.53. The van der Waals surface area contributed by atoms with Crippen molar-refractivity contribution in [3.63, 3.8) is 0 Å². The molecule has 0 amide bonds. The van der Waals surface area contributed by atoms with Crippen LogP contribution < -0.4 is 5.32 Å². The third-order valence-electron chi connectivity index (χ3n) is 4.55. The highest BCUT2D eigenvalue weighted by molar-refractivity contribution is 4.97. The maximum atomic E-state index is 3.67. The van der Waals surface area contributed by atoms with Crippen molar-refractivity contribution < 1.29 is 0 Å². The van der Waals surface area contributed by atoms with Crippen LogP contribution in [0.3, 0.4) is 0 Å². The Bertz CT molecular complexity index is 219. The smallest absolute Gasteiger partial charge is 0.0252 e. The van der Waals surface area contributed by atoms with Gasteiger partial charge >= 0.3 is 0 Å². The van der Waals surface area contributed by atoms with Crippen LogP contribution in [0.25, 0.3) is 0 Å². The lowest BCUT2D eigenvalue weighted by Crippen LogP contribution is -2.59. The molecule has 2 nitrogen and oxygen atoms in total. The molecule has 86 valence electrons. The lowest BCUT2D eigenvalue weighted by atomic mass is 10.0. The van der Waals surface area contributed by atoms with Gasteiger partial charge in [-0.15, -0.1) is 0 Å². The van der Waals surface area contributed by atoms with Gasteiger partial charge in [0.15, 0.2) is 0 Å². The minimum atomic E-state index is 0.709. The molecule has 0 aromatic carbocycles. The van der Waals surface area contributed by atoms with Crippen molar-refractivity contribution in [1.82, 2.24) is 10.2 Å². The van der Waals surface area contributed by atoms with Gasteiger partial charge in [-0.3, -0.25) is 4.90 Å². The molecule has 1 saturated heterocycles. The molecule has 0 spiro atoms. The molecule has 2 aliphatic carbocycles. The van der Waals surface area contributed by atoms with Crippen LogP contribution in [0, 0.1) is 5.92 Å². The molecule has 3 fully saturated rings. The molecule has 15 heavy (non-hydrogen) atoms. The van der Waals surface area contributed by atoms with Crippen LogP contribution in [0.5, 0.6) is 0 Å². The summed E-state index contributed by atoms with van der Waals surface area (Å²) in [6.07, 6.45) is 8.86. The molecule has 0 radical (unpaired) electrons. The second-order valence-electron chi connectivity index (χ2n) is 5.85. The van der Waals surface area contributed by atoms with Gasteiger partial charge in [0, 0.05) is 31.2 Å². The molecular formula is C13H24N2. The van der Waals surface area contributed by atoms with E-state index in [1.165, 1.54) is 51.6 Å². The first kappa shape index (κ1) is 10.1. The number of piperazine rings is 1. The Morgan fingerprint density at radius 3 is 2.47 bits per heavy atom. The first-order chi connectivity index (χ1) is 7.34. The van der Waals surface area contributed by atoms with Crippen LogP contribution in [-0.2, 0) is 0 Å². The Labute approximate surface area is 93.4 Å². The SMILES string of the molecule is CC1CN(C2CCCC2)C(C2CC2)CN1. The third-order valence-corrected chi connectivity index (χ3v) is 4.55. The van der Waals surface area contributed by atoms with Gasteiger partial charge in [0.1, 0.15) is 0 Å². The molecule has 1 aliphatic heterocycles. The fourth-order valence-electron chi connectivity index (χ4n) is 3.53. The molecule has 2 unspecified atom stereocenters. The average Bonchev–Trinajstić information content (AvgIpc) is 2.94. The largest absolute Gasteiger partial charge is 0.311 e. The van der Waals surface area contributed by atoms with Gasteiger partial charge in [0.05, 0.1) is 0 Å². The van der Waals surface area contributed by atoms with Crippen LogP contribution >= 0.6 is 0 Å². The van der Waals surface area contributed by atoms with E-state index in [1.54, 1.807) is 0 Å². The topological polar surface area (TPSA) is 15.3 Å². The molecule has 2 saturated carbocycles. The van der Waals surface area contributed by atoms with E-state index < -0.39 is 0 Å². The van der Waals surface area contributed by atoms with E-state index in [2.05, 4.69) is 17.1 Å². The van der Waals surface area contributed by atoms with Crippen molar-refractivity contribution in [2.24, 2.45) is 5.92 Å². The van der Waals surface area contributed by atoms with Gasteiger partial charge in [-0.2, -0.15) is 0 Å². The predicted molar refractivity (Wildman–Crippen MR) is 62.9 cm³/mol. The monoisotopic (exact) mass is 208 g/mol. The lowest BCUT2D eigenvalue weighted by molar-refractivity contribution is 0.0750. The van der Waals surface area contributed by atoms with Crippen molar-refractivity contribution in [2.45, 2.75) is 63.6 Å². The number of nitrogens with one attached hydrogen (secondary N) is 1.